The average molecular weight is 418 g/mol. The number of hydrogen-bond acceptors (Lipinski definition) is 4. The van der Waals surface area contributed by atoms with Crippen LogP contribution in [0.1, 0.15) is 6.42 Å². The Hall–Kier alpha value is -1.58. The van der Waals surface area contributed by atoms with Gasteiger partial charge < -0.3 is 20.9 Å². The van der Waals surface area contributed by atoms with Crippen LogP contribution < -0.4 is 16.0 Å². The number of guanidine groups is 1. The van der Waals surface area contributed by atoms with Gasteiger partial charge in [0.2, 0.25) is 5.91 Å². The first kappa shape index (κ1) is 18.5. The van der Waals surface area contributed by atoms with Gasteiger partial charge in [0.1, 0.15) is 5.82 Å². The van der Waals surface area contributed by atoms with E-state index in [1.54, 1.807) is 13.2 Å². The third-order valence-corrected chi connectivity index (χ3v) is 3.49. The van der Waals surface area contributed by atoms with Gasteiger partial charge in [0.05, 0.1) is 0 Å². The van der Waals surface area contributed by atoms with Gasteiger partial charge in [-0.3, -0.25) is 9.79 Å². The fourth-order valence-corrected chi connectivity index (χ4v) is 2.26. The molecule has 1 aliphatic rings. The third-order valence-electron chi connectivity index (χ3n) is 3.49. The van der Waals surface area contributed by atoms with Crippen molar-refractivity contribution in [1.29, 1.82) is 0 Å². The molecular weight excluding hydrogens is 395 g/mol. The van der Waals surface area contributed by atoms with Crippen LogP contribution in [-0.4, -0.2) is 61.5 Å². The fourth-order valence-electron chi connectivity index (χ4n) is 2.26. The minimum Gasteiger partial charge on any atom is -0.370 e. The molecule has 0 saturated carbocycles. The van der Waals surface area contributed by atoms with Crippen molar-refractivity contribution in [2.75, 3.05) is 44.7 Å². The number of rotatable bonds is 4. The number of halogens is 1. The van der Waals surface area contributed by atoms with Gasteiger partial charge in [-0.25, -0.2) is 4.98 Å². The lowest BCUT2D eigenvalue weighted by Gasteiger charge is -2.35. The number of hydrogen-bond donors (Lipinski definition) is 2. The number of nitrogens with one attached hydrogen (secondary N) is 1. The minimum atomic E-state index is 0. The number of nitrogens with zero attached hydrogens (tertiary/aromatic N) is 4. The van der Waals surface area contributed by atoms with E-state index in [-0.39, 0.29) is 29.9 Å². The Balaban J connectivity index is 0.00000242. The van der Waals surface area contributed by atoms with E-state index in [9.17, 15) is 4.79 Å². The van der Waals surface area contributed by atoms with Gasteiger partial charge >= 0.3 is 0 Å². The predicted molar refractivity (Wildman–Crippen MR) is 98.6 cm³/mol. The molecule has 1 fully saturated rings. The maximum Gasteiger partial charge on any atom is 0.224 e. The summed E-state index contributed by atoms with van der Waals surface area (Å²) in [5.74, 6) is 1.48. The van der Waals surface area contributed by atoms with Crippen molar-refractivity contribution in [3.63, 3.8) is 0 Å². The molecule has 1 amide bonds. The molecule has 22 heavy (non-hydrogen) atoms. The van der Waals surface area contributed by atoms with E-state index in [2.05, 4.69) is 20.2 Å². The molecule has 0 aliphatic carbocycles. The maximum absolute atomic E-state index is 12.1. The first-order valence-corrected chi connectivity index (χ1v) is 7.10. The summed E-state index contributed by atoms with van der Waals surface area (Å²) in [6.45, 7) is 3.60. The Bertz CT molecular complexity index is 487. The van der Waals surface area contributed by atoms with E-state index in [1.165, 1.54) is 0 Å². The van der Waals surface area contributed by atoms with Crippen molar-refractivity contribution in [1.82, 2.24) is 15.2 Å². The highest BCUT2D eigenvalue weighted by atomic mass is 127. The lowest BCUT2D eigenvalue weighted by atomic mass is 10.2. The summed E-state index contributed by atoms with van der Waals surface area (Å²) in [6, 6.07) is 5.88. The Morgan fingerprint density at radius 3 is 2.68 bits per heavy atom. The zero-order valence-corrected chi connectivity index (χ0v) is 15.1. The fraction of sp³-hybridized carbons (Fsp3) is 0.500. The van der Waals surface area contributed by atoms with Gasteiger partial charge in [-0.2, -0.15) is 0 Å². The molecule has 2 heterocycles. The number of aromatic nitrogens is 1. The smallest absolute Gasteiger partial charge is 0.224 e. The third kappa shape index (κ3) is 5.32. The van der Waals surface area contributed by atoms with Crippen LogP contribution in [-0.2, 0) is 4.79 Å². The molecule has 0 unspecified atom stereocenters. The molecule has 0 radical (unpaired) electrons. The van der Waals surface area contributed by atoms with Crippen molar-refractivity contribution in [2.24, 2.45) is 10.7 Å². The zero-order chi connectivity index (χ0) is 15.1. The minimum absolute atomic E-state index is 0. The van der Waals surface area contributed by atoms with Crippen LogP contribution in [0.25, 0.3) is 0 Å². The van der Waals surface area contributed by atoms with Gasteiger partial charge in [0.15, 0.2) is 5.96 Å². The van der Waals surface area contributed by atoms with E-state index in [0.717, 1.165) is 32.0 Å². The Labute approximate surface area is 148 Å². The van der Waals surface area contributed by atoms with Crippen molar-refractivity contribution >= 4 is 41.7 Å². The van der Waals surface area contributed by atoms with E-state index in [4.69, 9.17) is 5.73 Å². The lowest BCUT2D eigenvalue weighted by Crippen LogP contribution is -2.49. The van der Waals surface area contributed by atoms with Crippen molar-refractivity contribution in [3.8, 4) is 0 Å². The largest absolute Gasteiger partial charge is 0.370 e. The Morgan fingerprint density at radius 1 is 1.36 bits per heavy atom. The number of anilines is 1. The second kappa shape index (κ2) is 9.44. The monoisotopic (exact) mass is 418 g/mol. The number of aliphatic imine (C=N–C) groups is 1. The van der Waals surface area contributed by atoms with Gasteiger partial charge in [-0.1, -0.05) is 6.07 Å². The molecule has 122 valence electrons. The summed E-state index contributed by atoms with van der Waals surface area (Å²) < 4.78 is 0. The molecule has 7 nitrogen and oxygen atoms in total. The van der Waals surface area contributed by atoms with Crippen molar-refractivity contribution in [3.05, 3.63) is 24.4 Å². The molecule has 1 aromatic rings. The van der Waals surface area contributed by atoms with Crippen LogP contribution in [0.15, 0.2) is 29.4 Å². The Morgan fingerprint density at radius 2 is 2.09 bits per heavy atom. The van der Waals surface area contributed by atoms with Gasteiger partial charge in [0.25, 0.3) is 0 Å². The summed E-state index contributed by atoms with van der Waals surface area (Å²) in [6.07, 6.45) is 2.22. The second-order valence-corrected chi connectivity index (χ2v) is 4.84. The first-order valence-electron chi connectivity index (χ1n) is 7.10. The lowest BCUT2D eigenvalue weighted by molar-refractivity contribution is -0.131. The molecule has 1 aromatic heterocycles. The van der Waals surface area contributed by atoms with E-state index >= 15 is 0 Å². The van der Waals surface area contributed by atoms with Gasteiger partial charge in [-0.15, -0.1) is 24.0 Å². The van der Waals surface area contributed by atoms with E-state index in [1.807, 2.05) is 23.1 Å². The highest BCUT2D eigenvalue weighted by molar-refractivity contribution is 14.0. The van der Waals surface area contributed by atoms with E-state index in [0.29, 0.717) is 18.9 Å². The summed E-state index contributed by atoms with van der Waals surface area (Å²) >= 11 is 0. The molecule has 0 spiro atoms. The molecule has 0 bridgehead atoms. The van der Waals surface area contributed by atoms with Crippen LogP contribution in [0.3, 0.4) is 0 Å². The number of carbonyl (C=O) groups excluding carboxylic acids is 1. The van der Waals surface area contributed by atoms with Crippen LogP contribution in [0.2, 0.25) is 0 Å². The SMILES string of the molecule is CN=C(N)NCCC(=O)N1CCN(c2ccccn2)CC1.I. The predicted octanol–water partition coefficient (Wildman–Crippen LogP) is 0.272. The van der Waals surface area contributed by atoms with Crippen LogP contribution in [0, 0.1) is 0 Å². The summed E-state index contributed by atoms with van der Waals surface area (Å²) in [5.41, 5.74) is 5.52. The highest BCUT2D eigenvalue weighted by Crippen LogP contribution is 2.12. The van der Waals surface area contributed by atoms with Crippen LogP contribution in [0.4, 0.5) is 5.82 Å². The number of piperazine rings is 1. The summed E-state index contributed by atoms with van der Waals surface area (Å²) in [5, 5.41) is 2.90. The summed E-state index contributed by atoms with van der Waals surface area (Å²) in [4.78, 5) is 24.3. The molecular formula is C14H23IN6O. The quantitative estimate of drug-likeness (QED) is 0.417. The van der Waals surface area contributed by atoms with Gasteiger partial charge in [-0.05, 0) is 12.1 Å². The van der Waals surface area contributed by atoms with Crippen molar-refractivity contribution in [2.45, 2.75) is 6.42 Å². The molecule has 0 atom stereocenters. The van der Waals surface area contributed by atoms with Crippen molar-refractivity contribution < 1.29 is 4.79 Å². The summed E-state index contributed by atoms with van der Waals surface area (Å²) in [7, 11) is 1.61. The molecule has 2 rings (SSSR count). The number of pyridine rings is 1. The molecule has 1 aliphatic heterocycles. The van der Waals surface area contributed by atoms with Gasteiger partial charge in [0, 0.05) is 52.4 Å². The molecule has 1 saturated heterocycles. The first-order chi connectivity index (χ1) is 10.2. The molecule has 8 heteroatoms. The number of carbonyl (C=O) groups is 1. The standard InChI is InChI=1S/C14H22N6O.HI/c1-16-14(15)18-7-5-13(21)20-10-8-19(9-11-20)12-4-2-3-6-17-12;/h2-4,6H,5,7-11H2,1H3,(H3,15,16,18);1H. The molecule has 0 aromatic carbocycles. The average Bonchev–Trinajstić information content (AvgIpc) is 2.55. The highest BCUT2D eigenvalue weighted by Gasteiger charge is 2.21. The van der Waals surface area contributed by atoms with E-state index < -0.39 is 0 Å². The topological polar surface area (TPSA) is 86.8 Å². The second-order valence-electron chi connectivity index (χ2n) is 4.84. The van der Waals surface area contributed by atoms with Crippen LogP contribution >= 0.6 is 24.0 Å². The molecule has 3 N–H and O–H groups in total. The number of nitrogens with two attached hydrogens (primary N) is 1. The van der Waals surface area contributed by atoms with Crippen LogP contribution in [0.5, 0.6) is 0 Å². The zero-order valence-electron chi connectivity index (χ0n) is 12.7. The normalized spacial score (nSPS) is 15.2. The Kier molecular flexibility index (Phi) is 7.92. The maximum atomic E-state index is 12.1. The number of amides is 1.